The third-order valence-electron chi connectivity index (χ3n) is 5.41. The topological polar surface area (TPSA) is 81.7 Å². The molecule has 0 saturated carbocycles. The Hall–Kier alpha value is -3.15. The number of carbonyl (C=O) groups is 3. The molecule has 0 aromatic heterocycles. The molecule has 1 aliphatic rings. The smallest absolute Gasteiger partial charge is 0.323 e. The van der Waals surface area contributed by atoms with Crippen molar-refractivity contribution in [2.24, 2.45) is 5.41 Å². The van der Waals surface area contributed by atoms with Crippen LogP contribution in [0.1, 0.15) is 42.9 Å². The summed E-state index contributed by atoms with van der Waals surface area (Å²) in [7, 11) is 0. The number of esters is 2. The average molecular weight is 409 g/mol. The molecule has 0 bridgehead atoms. The average Bonchev–Trinajstić information content (AvgIpc) is 2.74. The van der Waals surface area contributed by atoms with Crippen LogP contribution in [0.5, 0.6) is 0 Å². The van der Waals surface area contributed by atoms with Crippen LogP contribution in [0.2, 0.25) is 0 Å². The lowest BCUT2D eigenvalue weighted by Crippen LogP contribution is -2.48. The molecule has 0 radical (unpaired) electrons. The highest BCUT2D eigenvalue weighted by atomic mass is 16.6. The van der Waals surface area contributed by atoms with Gasteiger partial charge in [-0.05, 0) is 56.9 Å². The lowest BCUT2D eigenvalue weighted by Gasteiger charge is -2.37. The Morgan fingerprint density at radius 3 is 2.23 bits per heavy atom. The van der Waals surface area contributed by atoms with Crippen molar-refractivity contribution in [3.8, 4) is 0 Å². The molecule has 0 heterocycles. The Morgan fingerprint density at radius 2 is 1.63 bits per heavy atom. The summed E-state index contributed by atoms with van der Waals surface area (Å²) in [5, 5.41) is 2.91. The molecule has 6 nitrogen and oxygen atoms in total. The van der Waals surface area contributed by atoms with Gasteiger partial charge in [-0.15, -0.1) is 0 Å². The lowest BCUT2D eigenvalue weighted by atomic mass is 9.66. The van der Waals surface area contributed by atoms with Gasteiger partial charge in [0, 0.05) is 5.69 Å². The van der Waals surface area contributed by atoms with Crippen LogP contribution < -0.4 is 5.32 Å². The number of carbonyl (C=O) groups excluding carboxylic acids is 3. The van der Waals surface area contributed by atoms with E-state index in [1.165, 1.54) is 0 Å². The molecule has 2 aromatic rings. The van der Waals surface area contributed by atoms with Crippen molar-refractivity contribution in [3.05, 3.63) is 65.2 Å². The Bertz CT molecular complexity index is 920. The van der Waals surface area contributed by atoms with E-state index in [0.717, 1.165) is 16.7 Å². The molecule has 0 fully saturated rings. The third-order valence-corrected chi connectivity index (χ3v) is 5.41. The van der Waals surface area contributed by atoms with Gasteiger partial charge in [0.15, 0.2) is 5.41 Å². The van der Waals surface area contributed by atoms with Crippen LogP contribution in [-0.4, -0.2) is 31.1 Å². The second-order valence-corrected chi connectivity index (χ2v) is 7.51. The first kappa shape index (κ1) is 21.6. The van der Waals surface area contributed by atoms with Crippen LogP contribution in [0.15, 0.2) is 48.5 Å². The predicted octanol–water partition coefficient (Wildman–Crippen LogP) is 3.78. The summed E-state index contributed by atoms with van der Waals surface area (Å²) in [6, 6.07) is 14.8. The van der Waals surface area contributed by atoms with Crippen molar-refractivity contribution in [1.82, 2.24) is 0 Å². The number of benzene rings is 2. The van der Waals surface area contributed by atoms with Crippen molar-refractivity contribution in [2.75, 3.05) is 18.5 Å². The summed E-state index contributed by atoms with van der Waals surface area (Å²) in [5.41, 5.74) is 1.72. The van der Waals surface area contributed by atoms with E-state index < -0.39 is 23.3 Å². The van der Waals surface area contributed by atoms with E-state index in [9.17, 15) is 14.4 Å². The highest BCUT2D eigenvalue weighted by Crippen LogP contribution is 2.45. The standard InChI is InChI=1S/C24H27NO5/c1-4-29-22(27)24(23(28)30-5-2)14-17-12-11-16(3)13-19(17)20(15-24)21(26)25-18-9-7-6-8-10-18/h6-13,20H,4-5,14-15H2,1-3H3,(H,25,26). The van der Waals surface area contributed by atoms with Gasteiger partial charge >= 0.3 is 11.9 Å². The van der Waals surface area contributed by atoms with Gasteiger partial charge in [-0.1, -0.05) is 42.0 Å². The van der Waals surface area contributed by atoms with E-state index in [-0.39, 0.29) is 32.0 Å². The van der Waals surface area contributed by atoms with Gasteiger partial charge in [0.25, 0.3) is 0 Å². The Balaban J connectivity index is 2.05. The third kappa shape index (κ3) is 4.22. The Kier molecular flexibility index (Phi) is 6.55. The predicted molar refractivity (Wildman–Crippen MR) is 113 cm³/mol. The van der Waals surface area contributed by atoms with Crippen LogP contribution >= 0.6 is 0 Å². The van der Waals surface area contributed by atoms with E-state index in [1.807, 2.05) is 43.3 Å². The van der Waals surface area contributed by atoms with Crippen molar-refractivity contribution >= 4 is 23.5 Å². The summed E-state index contributed by atoms with van der Waals surface area (Å²) in [6.45, 7) is 5.61. The molecule has 0 aliphatic heterocycles. The molecule has 1 amide bonds. The van der Waals surface area contributed by atoms with E-state index >= 15 is 0 Å². The molecular formula is C24H27NO5. The number of ether oxygens (including phenoxy) is 2. The van der Waals surface area contributed by atoms with Gasteiger partial charge < -0.3 is 14.8 Å². The monoisotopic (exact) mass is 409 g/mol. The quantitative estimate of drug-likeness (QED) is 0.580. The zero-order valence-electron chi connectivity index (χ0n) is 17.6. The maximum Gasteiger partial charge on any atom is 0.323 e. The highest BCUT2D eigenvalue weighted by molar-refractivity contribution is 6.03. The van der Waals surface area contributed by atoms with Crippen LogP contribution in [-0.2, 0) is 30.3 Å². The fraction of sp³-hybridized carbons (Fsp3) is 0.375. The number of aryl methyl sites for hydroxylation is 1. The molecule has 2 aromatic carbocycles. The normalized spacial score (nSPS) is 16.8. The van der Waals surface area contributed by atoms with E-state index in [0.29, 0.717) is 5.69 Å². The molecule has 30 heavy (non-hydrogen) atoms. The lowest BCUT2D eigenvalue weighted by molar-refractivity contribution is -0.173. The number of anilines is 1. The summed E-state index contributed by atoms with van der Waals surface area (Å²) in [6.07, 6.45) is 0.148. The van der Waals surface area contributed by atoms with Crippen molar-refractivity contribution in [1.29, 1.82) is 0 Å². The molecule has 0 spiro atoms. The Morgan fingerprint density at radius 1 is 1.00 bits per heavy atom. The molecule has 3 rings (SSSR count). The molecule has 1 unspecified atom stereocenters. The number of nitrogens with one attached hydrogen (secondary N) is 1. The van der Waals surface area contributed by atoms with Crippen LogP contribution in [0.3, 0.4) is 0 Å². The largest absolute Gasteiger partial charge is 0.465 e. The maximum atomic E-state index is 13.3. The van der Waals surface area contributed by atoms with Crippen molar-refractivity contribution in [3.63, 3.8) is 0 Å². The van der Waals surface area contributed by atoms with Gasteiger partial charge in [-0.2, -0.15) is 0 Å². The molecule has 1 N–H and O–H groups in total. The molecule has 6 heteroatoms. The van der Waals surface area contributed by atoms with E-state index in [2.05, 4.69) is 5.32 Å². The molecule has 1 atom stereocenters. The SMILES string of the molecule is CCOC(=O)C1(C(=O)OCC)Cc2ccc(C)cc2C(C(=O)Nc2ccccc2)C1. The van der Waals surface area contributed by atoms with Crippen molar-refractivity contribution in [2.45, 2.75) is 39.5 Å². The van der Waals surface area contributed by atoms with Crippen LogP contribution in [0.25, 0.3) is 0 Å². The summed E-state index contributed by atoms with van der Waals surface area (Å²) >= 11 is 0. The van der Waals surface area contributed by atoms with Crippen LogP contribution in [0, 0.1) is 12.3 Å². The minimum absolute atomic E-state index is 0.000211. The van der Waals surface area contributed by atoms with E-state index in [4.69, 9.17) is 9.47 Å². The van der Waals surface area contributed by atoms with Gasteiger partial charge in [0.05, 0.1) is 19.1 Å². The zero-order chi connectivity index (χ0) is 21.7. The summed E-state index contributed by atoms with van der Waals surface area (Å²) in [4.78, 5) is 39.2. The fourth-order valence-corrected chi connectivity index (χ4v) is 3.97. The first-order valence-corrected chi connectivity index (χ1v) is 10.2. The zero-order valence-corrected chi connectivity index (χ0v) is 17.6. The summed E-state index contributed by atoms with van der Waals surface area (Å²) in [5.74, 6) is -2.26. The molecule has 0 saturated heterocycles. The van der Waals surface area contributed by atoms with Gasteiger partial charge in [0.1, 0.15) is 0 Å². The first-order valence-electron chi connectivity index (χ1n) is 10.2. The first-order chi connectivity index (χ1) is 14.4. The number of para-hydroxylation sites is 1. The maximum absolute atomic E-state index is 13.3. The minimum Gasteiger partial charge on any atom is -0.465 e. The summed E-state index contributed by atoms with van der Waals surface area (Å²) < 4.78 is 10.5. The van der Waals surface area contributed by atoms with Gasteiger partial charge in [0.2, 0.25) is 5.91 Å². The second kappa shape index (κ2) is 9.11. The molecule has 158 valence electrons. The molecular weight excluding hydrogens is 382 g/mol. The van der Waals surface area contributed by atoms with Gasteiger partial charge in [-0.25, -0.2) is 0 Å². The number of hydrogen-bond donors (Lipinski definition) is 1. The number of amides is 1. The molecule has 1 aliphatic carbocycles. The van der Waals surface area contributed by atoms with E-state index in [1.54, 1.807) is 26.0 Å². The highest BCUT2D eigenvalue weighted by Gasteiger charge is 2.54. The number of rotatable bonds is 6. The van der Waals surface area contributed by atoms with Crippen molar-refractivity contribution < 1.29 is 23.9 Å². The van der Waals surface area contributed by atoms with Crippen LogP contribution in [0.4, 0.5) is 5.69 Å². The number of hydrogen-bond acceptors (Lipinski definition) is 5. The second-order valence-electron chi connectivity index (χ2n) is 7.51. The fourth-order valence-electron chi connectivity index (χ4n) is 3.97. The Labute approximate surface area is 176 Å². The minimum atomic E-state index is -1.55. The number of fused-ring (bicyclic) bond motifs is 1. The van der Waals surface area contributed by atoms with Gasteiger partial charge in [-0.3, -0.25) is 14.4 Å².